The fourth-order valence-electron chi connectivity index (χ4n) is 2.07. The van der Waals surface area contributed by atoms with Gasteiger partial charge in [0.15, 0.2) is 5.16 Å². The van der Waals surface area contributed by atoms with Crippen LogP contribution >= 0.6 is 11.8 Å². The molecule has 1 aliphatic rings. The molecule has 2 rings (SSSR count). The monoisotopic (exact) mass is 321 g/mol. The molecule has 1 fully saturated rings. The van der Waals surface area contributed by atoms with E-state index in [1.807, 2.05) is 6.92 Å². The number of hydrogen-bond acceptors (Lipinski definition) is 4. The molecule has 1 amide bonds. The zero-order valence-corrected chi connectivity index (χ0v) is 12.1. The lowest BCUT2D eigenvalue weighted by molar-refractivity contribution is -0.157. The molecule has 5 nitrogen and oxygen atoms in total. The van der Waals surface area contributed by atoms with E-state index in [-0.39, 0.29) is 6.54 Å². The molecule has 1 aromatic heterocycles. The Kier molecular flexibility index (Phi) is 4.60. The number of halogens is 3. The summed E-state index contributed by atoms with van der Waals surface area (Å²) in [5.41, 5.74) is -0.431. The van der Waals surface area contributed by atoms with Crippen LogP contribution in [0.2, 0.25) is 0 Å². The lowest BCUT2D eigenvalue weighted by Crippen LogP contribution is -2.36. The van der Waals surface area contributed by atoms with Gasteiger partial charge in [0.25, 0.3) is 5.56 Å². The predicted molar refractivity (Wildman–Crippen MR) is 71.1 cm³/mol. The maximum Gasteiger partial charge on any atom is 0.406 e. The zero-order chi connectivity index (χ0) is 15.6. The highest BCUT2D eigenvalue weighted by Gasteiger charge is 2.40. The van der Waals surface area contributed by atoms with Crippen LogP contribution in [0.5, 0.6) is 0 Å². The molecule has 1 atom stereocenters. The Bertz CT molecular complexity index is 588. The van der Waals surface area contributed by atoms with E-state index in [0.29, 0.717) is 18.1 Å². The van der Waals surface area contributed by atoms with Crippen LogP contribution in [0.4, 0.5) is 13.2 Å². The highest BCUT2D eigenvalue weighted by Crippen LogP contribution is 2.30. The van der Waals surface area contributed by atoms with Crippen molar-refractivity contribution in [3.63, 3.8) is 0 Å². The molecule has 21 heavy (non-hydrogen) atoms. The number of carbonyl (C=O) groups excluding carboxylic acids is 1. The molecule has 0 aliphatic carbocycles. The summed E-state index contributed by atoms with van der Waals surface area (Å²) in [7, 11) is 0. The number of hydrogen-bond donors (Lipinski definition) is 0. The number of amides is 1. The van der Waals surface area contributed by atoms with Crippen LogP contribution in [-0.4, -0.2) is 44.9 Å². The lowest BCUT2D eigenvalue weighted by Gasteiger charge is -2.18. The summed E-state index contributed by atoms with van der Waals surface area (Å²) in [6.45, 7) is 1.25. The first-order chi connectivity index (χ1) is 9.80. The van der Waals surface area contributed by atoms with Crippen molar-refractivity contribution in [3.8, 4) is 0 Å². The van der Waals surface area contributed by atoms with Crippen molar-refractivity contribution in [2.24, 2.45) is 0 Å². The molecule has 2 heterocycles. The van der Waals surface area contributed by atoms with Crippen molar-refractivity contribution in [2.75, 3.05) is 13.1 Å². The minimum Gasteiger partial charge on any atom is -0.333 e. The number of aryl methyl sites for hydroxylation is 1. The fourth-order valence-corrected chi connectivity index (χ4v) is 3.26. The van der Waals surface area contributed by atoms with Crippen LogP contribution in [0.1, 0.15) is 13.3 Å². The highest BCUT2D eigenvalue weighted by atomic mass is 32.2. The maximum absolute atomic E-state index is 12.3. The molecule has 0 unspecified atom stereocenters. The van der Waals surface area contributed by atoms with Crippen LogP contribution in [0.25, 0.3) is 0 Å². The first kappa shape index (κ1) is 15.9. The summed E-state index contributed by atoms with van der Waals surface area (Å²) >= 11 is 1.05. The van der Waals surface area contributed by atoms with Crippen molar-refractivity contribution in [3.05, 3.63) is 22.6 Å². The van der Waals surface area contributed by atoms with E-state index in [1.165, 1.54) is 6.07 Å². The van der Waals surface area contributed by atoms with Gasteiger partial charge in [-0.25, -0.2) is 0 Å². The third-order valence-corrected chi connectivity index (χ3v) is 4.31. The molecule has 0 N–H and O–H groups in total. The van der Waals surface area contributed by atoms with E-state index in [1.54, 1.807) is 10.8 Å². The van der Waals surface area contributed by atoms with E-state index < -0.39 is 29.4 Å². The van der Waals surface area contributed by atoms with Gasteiger partial charge in [-0.3, -0.25) is 9.59 Å². The second-order valence-electron chi connectivity index (χ2n) is 4.60. The Morgan fingerprint density at radius 3 is 2.76 bits per heavy atom. The quantitative estimate of drug-likeness (QED) is 0.789. The molecule has 0 saturated carbocycles. The van der Waals surface area contributed by atoms with Gasteiger partial charge in [0, 0.05) is 25.4 Å². The van der Waals surface area contributed by atoms with Gasteiger partial charge in [0.05, 0.1) is 5.25 Å². The Balaban J connectivity index is 2.10. The normalized spacial score (nSPS) is 19.3. The van der Waals surface area contributed by atoms with Crippen molar-refractivity contribution >= 4 is 17.7 Å². The molecule has 1 saturated heterocycles. The molecule has 1 aliphatic heterocycles. The molecular formula is C12H14F3N3O2S. The number of thioether (sulfide) groups is 1. The van der Waals surface area contributed by atoms with Crippen LogP contribution in [0.15, 0.2) is 22.2 Å². The number of likely N-dealkylation sites (tertiary alicyclic amines) is 1. The molecule has 116 valence electrons. The van der Waals surface area contributed by atoms with E-state index >= 15 is 0 Å². The molecule has 9 heteroatoms. The Morgan fingerprint density at radius 2 is 2.14 bits per heavy atom. The third-order valence-electron chi connectivity index (χ3n) is 3.06. The minimum atomic E-state index is -4.40. The van der Waals surface area contributed by atoms with Gasteiger partial charge in [0.1, 0.15) is 6.54 Å². The lowest BCUT2D eigenvalue weighted by atomic mass is 10.4. The third kappa shape index (κ3) is 3.99. The summed E-state index contributed by atoms with van der Waals surface area (Å²) in [5.74, 6) is -0.557. The molecule has 1 aromatic rings. The first-order valence-electron chi connectivity index (χ1n) is 6.40. The molecule has 0 spiro atoms. The Labute approximate surface area is 123 Å². The number of aromatic nitrogens is 2. The number of nitrogens with zero attached hydrogens (tertiary/aromatic N) is 3. The fraction of sp³-hybridized carbons (Fsp3) is 0.583. The van der Waals surface area contributed by atoms with E-state index in [4.69, 9.17) is 0 Å². The average Bonchev–Trinajstić information content (AvgIpc) is 2.70. The second-order valence-corrected chi connectivity index (χ2v) is 5.77. The van der Waals surface area contributed by atoms with E-state index in [2.05, 4.69) is 4.98 Å². The van der Waals surface area contributed by atoms with Gasteiger partial charge < -0.3 is 9.47 Å². The minimum absolute atomic E-state index is 0.0687. The summed E-state index contributed by atoms with van der Waals surface area (Å²) in [5, 5.41) is -0.267. The van der Waals surface area contributed by atoms with E-state index in [9.17, 15) is 22.8 Å². The Hall–Kier alpha value is -1.51. The van der Waals surface area contributed by atoms with Crippen molar-refractivity contribution in [2.45, 2.75) is 36.5 Å². The molecule has 0 radical (unpaired) electrons. The number of carbonyl (C=O) groups is 1. The first-order valence-corrected chi connectivity index (χ1v) is 7.28. The Morgan fingerprint density at radius 1 is 1.43 bits per heavy atom. The summed E-state index contributed by atoms with van der Waals surface area (Å²) in [6, 6.07) is 1.31. The van der Waals surface area contributed by atoms with Gasteiger partial charge >= 0.3 is 6.18 Å². The number of alkyl halides is 3. The van der Waals surface area contributed by atoms with Crippen molar-refractivity contribution < 1.29 is 18.0 Å². The summed E-state index contributed by atoms with van der Waals surface area (Å²) < 4.78 is 38.7. The topological polar surface area (TPSA) is 55.2 Å². The predicted octanol–water partition coefficient (Wildman–Crippen LogP) is 1.52. The molecule has 0 bridgehead atoms. The SMILES string of the molecule is CCn1ccc(=O)nc1S[C@H]1CCN(CC(F)(F)F)C1=O. The largest absolute Gasteiger partial charge is 0.406 e. The standard InChI is InChI=1S/C12H14F3N3O2S/c1-2-17-6-4-9(19)16-11(17)21-8-3-5-18(10(8)20)7-12(13,14)15/h4,6,8H,2-3,5,7H2,1H3/t8-/m0/s1. The van der Waals surface area contributed by atoms with Gasteiger partial charge in [-0.2, -0.15) is 18.2 Å². The van der Waals surface area contributed by atoms with E-state index in [0.717, 1.165) is 16.7 Å². The van der Waals surface area contributed by atoms with Crippen LogP contribution < -0.4 is 5.56 Å². The van der Waals surface area contributed by atoms with Crippen molar-refractivity contribution in [1.82, 2.24) is 14.5 Å². The number of rotatable bonds is 4. The smallest absolute Gasteiger partial charge is 0.333 e. The van der Waals surface area contributed by atoms with Gasteiger partial charge in [-0.15, -0.1) is 0 Å². The highest BCUT2D eigenvalue weighted by molar-refractivity contribution is 8.00. The summed E-state index contributed by atoms with van der Waals surface area (Å²) in [6.07, 6.45) is -2.52. The zero-order valence-electron chi connectivity index (χ0n) is 11.3. The van der Waals surface area contributed by atoms with Gasteiger partial charge in [-0.1, -0.05) is 11.8 Å². The maximum atomic E-state index is 12.3. The summed E-state index contributed by atoms with van der Waals surface area (Å²) in [4.78, 5) is 27.9. The van der Waals surface area contributed by atoms with Gasteiger partial charge in [0.2, 0.25) is 5.91 Å². The molecule has 0 aromatic carbocycles. The van der Waals surface area contributed by atoms with Crippen LogP contribution in [-0.2, 0) is 11.3 Å². The second kappa shape index (κ2) is 6.08. The van der Waals surface area contributed by atoms with Gasteiger partial charge in [-0.05, 0) is 13.3 Å². The molecular weight excluding hydrogens is 307 g/mol. The van der Waals surface area contributed by atoms with Crippen LogP contribution in [0.3, 0.4) is 0 Å². The average molecular weight is 321 g/mol. The van der Waals surface area contributed by atoms with Crippen molar-refractivity contribution in [1.29, 1.82) is 0 Å². The van der Waals surface area contributed by atoms with Crippen LogP contribution in [0, 0.1) is 0 Å².